The molecule has 9 heteroatoms. The van der Waals surface area contributed by atoms with Gasteiger partial charge in [0.2, 0.25) is 0 Å². The van der Waals surface area contributed by atoms with Gasteiger partial charge in [0.25, 0.3) is 0 Å². The molecule has 1 aliphatic heterocycles. The van der Waals surface area contributed by atoms with Crippen molar-refractivity contribution in [2.24, 2.45) is 11.7 Å². The third kappa shape index (κ3) is 3.68. The number of benzene rings is 2. The molecule has 1 saturated heterocycles. The number of nitrogens with zero attached hydrogens (tertiary/aromatic N) is 4. The molecule has 33 heavy (non-hydrogen) atoms. The Balaban J connectivity index is 1.71. The van der Waals surface area contributed by atoms with E-state index in [2.05, 4.69) is 19.9 Å². The van der Waals surface area contributed by atoms with Crippen LogP contribution in [0.2, 0.25) is 0 Å². The Morgan fingerprint density at radius 1 is 1.09 bits per heavy atom. The van der Waals surface area contributed by atoms with Crippen molar-refractivity contribution in [2.45, 2.75) is 13.0 Å². The number of nitriles is 1. The average Bonchev–Trinajstić information content (AvgIpc) is 3.16. The van der Waals surface area contributed by atoms with Gasteiger partial charge < -0.3 is 15.6 Å². The standard InChI is InChI=1S/C24H19F3N6/c1-12(29)15-10-33(11-15)23-18(14-2-13(7-28)3-16(25)4-14)8-30-9-19(23)24-31-21-6-17(26)5-20(27)22(21)32-24/h2-6,8-9,12,15H,10-11,29H2,1H3,(H,31,32). The molecule has 0 radical (unpaired) electrons. The summed E-state index contributed by atoms with van der Waals surface area (Å²) in [6, 6.07) is 7.99. The predicted octanol–water partition coefficient (Wildman–Crippen LogP) is 4.36. The Hall–Kier alpha value is -3.90. The third-order valence-electron chi connectivity index (χ3n) is 5.99. The molecule has 0 bridgehead atoms. The van der Waals surface area contributed by atoms with E-state index < -0.39 is 17.5 Å². The minimum absolute atomic E-state index is 0.00220. The lowest BCUT2D eigenvalue weighted by atomic mass is 9.90. The molecule has 166 valence electrons. The second-order valence-corrected chi connectivity index (χ2v) is 8.31. The second kappa shape index (κ2) is 7.90. The number of anilines is 1. The maximum Gasteiger partial charge on any atom is 0.151 e. The molecule has 0 amide bonds. The number of hydrogen-bond acceptors (Lipinski definition) is 5. The number of nitrogens with one attached hydrogen (secondary N) is 1. The van der Waals surface area contributed by atoms with Crippen molar-refractivity contribution < 1.29 is 13.2 Å². The van der Waals surface area contributed by atoms with E-state index in [1.54, 1.807) is 18.5 Å². The molecule has 4 aromatic rings. The lowest BCUT2D eigenvalue weighted by Gasteiger charge is -2.44. The van der Waals surface area contributed by atoms with Crippen LogP contribution in [0.3, 0.4) is 0 Å². The number of fused-ring (bicyclic) bond motifs is 1. The van der Waals surface area contributed by atoms with Crippen LogP contribution < -0.4 is 10.6 Å². The van der Waals surface area contributed by atoms with Gasteiger partial charge in [-0.25, -0.2) is 18.2 Å². The molecule has 1 atom stereocenters. The van der Waals surface area contributed by atoms with Gasteiger partial charge in [0.05, 0.1) is 28.4 Å². The minimum atomic E-state index is -0.751. The highest BCUT2D eigenvalue weighted by atomic mass is 19.1. The molecule has 1 aliphatic rings. The second-order valence-electron chi connectivity index (χ2n) is 8.31. The summed E-state index contributed by atoms with van der Waals surface area (Å²) in [4.78, 5) is 13.7. The summed E-state index contributed by atoms with van der Waals surface area (Å²) < 4.78 is 42.3. The Morgan fingerprint density at radius 2 is 1.82 bits per heavy atom. The van der Waals surface area contributed by atoms with Crippen molar-refractivity contribution in [1.82, 2.24) is 15.0 Å². The van der Waals surface area contributed by atoms with Crippen molar-refractivity contribution in [3.8, 4) is 28.6 Å². The average molecular weight is 448 g/mol. The number of hydrogen-bond donors (Lipinski definition) is 2. The van der Waals surface area contributed by atoms with Crippen LogP contribution in [0, 0.1) is 34.7 Å². The van der Waals surface area contributed by atoms with Gasteiger partial charge in [-0.2, -0.15) is 5.26 Å². The molecule has 2 aromatic carbocycles. The first-order valence-corrected chi connectivity index (χ1v) is 10.4. The predicted molar refractivity (Wildman–Crippen MR) is 119 cm³/mol. The molecule has 0 spiro atoms. The van der Waals surface area contributed by atoms with E-state index in [-0.39, 0.29) is 28.6 Å². The molecule has 0 saturated carbocycles. The normalized spacial score (nSPS) is 14.8. The van der Waals surface area contributed by atoms with E-state index in [0.717, 1.165) is 18.2 Å². The lowest BCUT2D eigenvalue weighted by molar-refractivity contribution is 0.355. The van der Waals surface area contributed by atoms with E-state index in [1.165, 1.54) is 6.07 Å². The Kier molecular flexibility index (Phi) is 5.02. The van der Waals surface area contributed by atoms with Gasteiger partial charge >= 0.3 is 0 Å². The highest BCUT2D eigenvalue weighted by Crippen LogP contribution is 2.42. The molecule has 6 nitrogen and oxygen atoms in total. The van der Waals surface area contributed by atoms with Crippen LogP contribution in [-0.2, 0) is 0 Å². The summed E-state index contributed by atoms with van der Waals surface area (Å²) in [7, 11) is 0. The van der Waals surface area contributed by atoms with E-state index in [9.17, 15) is 18.4 Å². The summed E-state index contributed by atoms with van der Waals surface area (Å²) in [5.74, 6) is -1.45. The summed E-state index contributed by atoms with van der Waals surface area (Å²) in [5, 5.41) is 9.29. The Morgan fingerprint density at radius 3 is 2.55 bits per heavy atom. The van der Waals surface area contributed by atoms with Gasteiger partial charge in [-0.15, -0.1) is 0 Å². The number of nitrogens with two attached hydrogens (primary N) is 1. The third-order valence-corrected chi connectivity index (χ3v) is 5.99. The zero-order chi connectivity index (χ0) is 23.3. The fourth-order valence-corrected chi connectivity index (χ4v) is 4.18. The number of aromatic amines is 1. The Labute approximate surface area is 187 Å². The molecule has 3 heterocycles. The van der Waals surface area contributed by atoms with Crippen LogP contribution in [0.15, 0.2) is 42.7 Å². The van der Waals surface area contributed by atoms with E-state index in [1.807, 2.05) is 13.0 Å². The highest BCUT2D eigenvalue weighted by Gasteiger charge is 2.33. The molecule has 3 N–H and O–H groups in total. The molecule has 2 aromatic heterocycles. The molecule has 1 unspecified atom stereocenters. The van der Waals surface area contributed by atoms with Crippen molar-refractivity contribution in [3.63, 3.8) is 0 Å². The minimum Gasteiger partial charge on any atom is -0.370 e. The van der Waals surface area contributed by atoms with Crippen LogP contribution in [0.5, 0.6) is 0 Å². The zero-order valence-corrected chi connectivity index (χ0v) is 17.6. The van der Waals surface area contributed by atoms with Gasteiger partial charge in [-0.3, -0.25) is 4.98 Å². The molecule has 5 rings (SSSR count). The lowest BCUT2D eigenvalue weighted by Crippen LogP contribution is -2.54. The topological polar surface area (TPSA) is 94.6 Å². The summed E-state index contributed by atoms with van der Waals surface area (Å²) in [5.41, 5.74) is 8.79. The van der Waals surface area contributed by atoms with Gasteiger partial charge in [0, 0.05) is 55.1 Å². The van der Waals surface area contributed by atoms with Gasteiger partial charge in [0.1, 0.15) is 23.0 Å². The fraction of sp³-hybridized carbons (Fsp3) is 0.208. The van der Waals surface area contributed by atoms with Gasteiger partial charge in [-0.1, -0.05) is 0 Å². The van der Waals surface area contributed by atoms with E-state index in [0.29, 0.717) is 41.3 Å². The van der Waals surface area contributed by atoms with E-state index >= 15 is 0 Å². The van der Waals surface area contributed by atoms with E-state index in [4.69, 9.17) is 5.73 Å². The zero-order valence-electron chi connectivity index (χ0n) is 17.6. The number of pyridine rings is 1. The molecular weight excluding hydrogens is 429 g/mol. The molecular formula is C24H19F3N6. The first kappa shape index (κ1) is 21.0. The SMILES string of the molecule is CC(N)C1CN(c2c(-c3cc(F)cc(C#N)c3)cncc2-c2nc3cc(F)cc(F)c3[nH]2)C1. The van der Waals surface area contributed by atoms with Crippen LogP contribution in [0.1, 0.15) is 12.5 Å². The van der Waals surface area contributed by atoms with Gasteiger partial charge in [-0.05, 0) is 30.7 Å². The van der Waals surface area contributed by atoms with Crippen LogP contribution in [-0.4, -0.2) is 34.1 Å². The van der Waals surface area contributed by atoms with Crippen LogP contribution in [0.25, 0.3) is 33.5 Å². The summed E-state index contributed by atoms with van der Waals surface area (Å²) in [6.07, 6.45) is 3.17. The monoisotopic (exact) mass is 448 g/mol. The van der Waals surface area contributed by atoms with Crippen molar-refractivity contribution in [1.29, 1.82) is 5.26 Å². The Bertz CT molecular complexity index is 1420. The molecule has 0 aliphatic carbocycles. The van der Waals surface area contributed by atoms with Crippen molar-refractivity contribution in [2.75, 3.05) is 18.0 Å². The number of halogens is 3. The van der Waals surface area contributed by atoms with Gasteiger partial charge in [0.15, 0.2) is 5.82 Å². The summed E-state index contributed by atoms with van der Waals surface area (Å²) >= 11 is 0. The molecule has 1 fully saturated rings. The maximum atomic E-state index is 14.3. The number of imidazole rings is 1. The first-order valence-electron chi connectivity index (χ1n) is 10.4. The largest absolute Gasteiger partial charge is 0.370 e. The van der Waals surface area contributed by atoms with Crippen molar-refractivity contribution >= 4 is 16.7 Å². The first-order chi connectivity index (χ1) is 15.8. The maximum absolute atomic E-state index is 14.3. The number of aromatic nitrogens is 3. The van der Waals surface area contributed by atoms with Crippen LogP contribution >= 0.6 is 0 Å². The number of H-pyrrole nitrogens is 1. The highest BCUT2D eigenvalue weighted by molar-refractivity contribution is 5.91. The van der Waals surface area contributed by atoms with Crippen molar-refractivity contribution in [3.05, 3.63) is 65.7 Å². The van der Waals surface area contributed by atoms with Crippen LogP contribution in [0.4, 0.5) is 18.9 Å². The fourth-order valence-electron chi connectivity index (χ4n) is 4.18. The summed E-state index contributed by atoms with van der Waals surface area (Å²) in [6.45, 7) is 3.26. The quantitative estimate of drug-likeness (QED) is 0.484. The smallest absolute Gasteiger partial charge is 0.151 e. The number of rotatable bonds is 4.